The van der Waals surface area contributed by atoms with Crippen molar-refractivity contribution in [3.05, 3.63) is 40.8 Å². The van der Waals surface area contributed by atoms with E-state index in [2.05, 4.69) is 19.9 Å². The topological polar surface area (TPSA) is 37.4 Å². The maximum atomic E-state index is 12.9. The Hall–Kier alpha value is -0.430. The van der Waals surface area contributed by atoms with Crippen LogP contribution in [0.25, 0.3) is 0 Å². The summed E-state index contributed by atoms with van der Waals surface area (Å²) in [5.74, 6) is 1.96. The summed E-state index contributed by atoms with van der Waals surface area (Å²) in [5, 5.41) is 0.244. The van der Waals surface area contributed by atoms with Crippen molar-refractivity contribution in [1.82, 2.24) is 4.31 Å². The lowest BCUT2D eigenvalue weighted by Gasteiger charge is -2.31. The highest BCUT2D eigenvalue weighted by molar-refractivity contribution is 8.03. The van der Waals surface area contributed by atoms with Crippen LogP contribution in [-0.4, -0.2) is 42.6 Å². The van der Waals surface area contributed by atoms with Gasteiger partial charge in [0.05, 0.1) is 4.90 Å². The molecule has 0 aromatic heterocycles. The number of thioether (sulfide) groups is 2. The predicted octanol–water partition coefficient (Wildman–Crippen LogP) is 3.76. The summed E-state index contributed by atoms with van der Waals surface area (Å²) >= 11 is 3.54. The van der Waals surface area contributed by atoms with E-state index in [4.69, 9.17) is 0 Å². The van der Waals surface area contributed by atoms with Crippen molar-refractivity contribution in [2.75, 3.05) is 24.6 Å². The zero-order chi connectivity index (χ0) is 16.2. The molecular formula is C16H23NO2S3. The summed E-state index contributed by atoms with van der Waals surface area (Å²) < 4.78 is 27.4. The van der Waals surface area contributed by atoms with Gasteiger partial charge >= 0.3 is 0 Å². The fraction of sp³-hybridized carbons (Fsp3) is 0.500. The van der Waals surface area contributed by atoms with Gasteiger partial charge in [-0.05, 0) is 35.5 Å². The van der Waals surface area contributed by atoms with Gasteiger partial charge in [-0.3, -0.25) is 0 Å². The first-order valence-corrected chi connectivity index (χ1v) is 11.0. The van der Waals surface area contributed by atoms with Crippen LogP contribution in [0.15, 0.2) is 40.1 Å². The average molecular weight is 358 g/mol. The van der Waals surface area contributed by atoms with Crippen LogP contribution < -0.4 is 0 Å². The van der Waals surface area contributed by atoms with Crippen LogP contribution in [0.4, 0.5) is 0 Å². The molecule has 0 fully saturated rings. The van der Waals surface area contributed by atoms with E-state index in [-0.39, 0.29) is 5.25 Å². The molecule has 1 unspecified atom stereocenters. The zero-order valence-corrected chi connectivity index (χ0v) is 15.7. The Morgan fingerprint density at radius 2 is 1.86 bits per heavy atom. The van der Waals surface area contributed by atoms with Gasteiger partial charge in [-0.15, -0.1) is 11.8 Å². The number of rotatable bonds is 6. The molecule has 3 nitrogen and oxygen atoms in total. The first-order chi connectivity index (χ1) is 10.5. The number of sulfonamides is 1. The fourth-order valence-electron chi connectivity index (χ4n) is 2.39. The van der Waals surface area contributed by atoms with Gasteiger partial charge in [-0.25, -0.2) is 8.42 Å². The van der Waals surface area contributed by atoms with E-state index < -0.39 is 10.0 Å². The summed E-state index contributed by atoms with van der Waals surface area (Å²) in [5.41, 5.74) is 1.07. The molecule has 1 aliphatic rings. The molecule has 0 bridgehead atoms. The highest BCUT2D eigenvalue weighted by Crippen LogP contribution is 2.30. The third kappa shape index (κ3) is 4.31. The van der Waals surface area contributed by atoms with Crippen molar-refractivity contribution in [3.63, 3.8) is 0 Å². The molecular weight excluding hydrogens is 334 g/mol. The van der Waals surface area contributed by atoms with Crippen LogP contribution in [0.2, 0.25) is 0 Å². The second-order valence-electron chi connectivity index (χ2n) is 5.17. The first kappa shape index (κ1) is 17.9. The minimum atomic E-state index is -3.42. The van der Waals surface area contributed by atoms with Gasteiger partial charge in [-0.1, -0.05) is 37.6 Å². The Bertz CT molecular complexity index is 623. The molecule has 0 saturated carbocycles. The van der Waals surface area contributed by atoms with Crippen molar-refractivity contribution >= 4 is 33.5 Å². The standard InChI is InChI=1S/C16H23NO2S3/c1-4-20-14-10-15(21-5-2)12-17(11-14)22(18,19)16-8-6-13(3)7-9-16/h6-10,14H,4-5,11-12H2,1-3H3. The fourth-order valence-corrected chi connectivity index (χ4v) is 5.95. The van der Waals surface area contributed by atoms with Crippen molar-refractivity contribution in [2.24, 2.45) is 0 Å². The van der Waals surface area contributed by atoms with E-state index in [1.807, 2.05) is 19.1 Å². The molecule has 0 aliphatic carbocycles. The lowest BCUT2D eigenvalue weighted by molar-refractivity contribution is 0.438. The van der Waals surface area contributed by atoms with E-state index in [0.717, 1.165) is 22.0 Å². The maximum Gasteiger partial charge on any atom is 0.243 e. The number of hydrogen-bond donors (Lipinski definition) is 0. The van der Waals surface area contributed by atoms with Gasteiger partial charge in [-0.2, -0.15) is 16.1 Å². The third-order valence-electron chi connectivity index (χ3n) is 3.46. The van der Waals surface area contributed by atoms with Crippen LogP contribution in [0.1, 0.15) is 19.4 Å². The Labute approximate surface area is 142 Å². The zero-order valence-electron chi connectivity index (χ0n) is 13.3. The predicted molar refractivity (Wildman–Crippen MR) is 98.1 cm³/mol. The smallest absolute Gasteiger partial charge is 0.207 e. The van der Waals surface area contributed by atoms with Crippen molar-refractivity contribution in [1.29, 1.82) is 0 Å². The van der Waals surface area contributed by atoms with E-state index >= 15 is 0 Å². The molecule has 1 heterocycles. The highest BCUT2D eigenvalue weighted by atomic mass is 32.2. The Balaban J connectivity index is 2.26. The maximum absolute atomic E-state index is 12.9. The van der Waals surface area contributed by atoms with E-state index in [1.54, 1.807) is 40.0 Å². The van der Waals surface area contributed by atoms with E-state index in [9.17, 15) is 8.42 Å². The van der Waals surface area contributed by atoms with Crippen molar-refractivity contribution in [2.45, 2.75) is 30.9 Å². The molecule has 2 rings (SSSR count). The van der Waals surface area contributed by atoms with Crippen LogP contribution in [0.3, 0.4) is 0 Å². The van der Waals surface area contributed by atoms with Gasteiger partial charge in [0, 0.05) is 18.3 Å². The molecule has 6 heteroatoms. The SMILES string of the molecule is CCSC1=CC(SCC)CN(S(=O)(=O)c2ccc(C)cc2)C1. The monoisotopic (exact) mass is 357 g/mol. The number of nitrogens with zero attached hydrogens (tertiary/aromatic N) is 1. The average Bonchev–Trinajstić information content (AvgIpc) is 2.48. The number of aryl methyl sites for hydroxylation is 1. The second kappa shape index (κ2) is 7.90. The van der Waals surface area contributed by atoms with Crippen molar-refractivity contribution in [3.8, 4) is 0 Å². The second-order valence-corrected chi connectivity index (χ2v) is 10.0. The van der Waals surface area contributed by atoms with Gasteiger partial charge in [0.25, 0.3) is 0 Å². The van der Waals surface area contributed by atoms with Gasteiger partial charge < -0.3 is 0 Å². The highest BCUT2D eigenvalue weighted by Gasteiger charge is 2.30. The molecule has 0 spiro atoms. The lowest BCUT2D eigenvalue weighted by Crippen LogP contribution is -2.40. The summed E-state index contributed by atoms with van der Waals surface area (Å²) in [6.45, 7) is 7.22. The molecule has 122 valence electrons. The summed E-state index contributed by atoms with van der Waals surface area (Å²) in [7, 11) is -3.42. The summed E-state index contributed by atoms with van der Waals surface area (Å²) in [4.78, 5) is 1.55. The minimum Gasteiger partial charge on any atom is -0.207 e. The Morgan fingerprint density at radius 1 is 1.18 bits per heavy atom. The van der Waals surface area contributed by atoms with Gasteiger partial charge in [0.15, 0.2) is 0 Å². The van der Waals surface area contributed by atoms with E-state index in [1.165, 1.54) is 0 Å². The van der Waals surface area contributed by atoms with Gasteiger partial charge in [0.2, 0.25) is 10.0 Å². The summed E-state index contributed by atoms with van der Waals surface area (Å²) in [6.07, 6.45) is 2.24. The van der Waals surface area contributed by atoms with Crippen LogP contribution in [0.5, 0.6) is 0 Å². The molecule has 1 aliphatic heterocycles. The Kier molecular flexibility index (Phi) is 6.44. The quantitative estimate of drug-likeness (QED) is 0.777. The largest absolute Gasteiger partial charge is 0.243 e. The number of hydrogen-bond acceptors (Lipinski definition) is 4. The molecule has 0 N–H and O–H groups in total. The van der Waals surface area contributed by atoms with Crippen LogP contribution in [-0.2, 0) is 10.0 Å². The summed E-state index contributed by atoms with van der Waals surface area (Å²) in [6, 6.07) is 7.12. The Morgan fingerprint density at radius 3 is 2.45 bits per heavy atom. The van der Waals surface area contributed by atoms with Crippen LogP contribution >= 0.6 is 23.5 Å². The van der Waals surface area contributed by atoms with E-state index in [0.29, 0.717) is 18.0 Å². The van der Waals surface area contributed by atoms with Crippen LogP contribution in [0, 0.1) is 6.92 Å². The molecule has 1 aromatic carbocycles. The third-order valence-corrected chi connectivity index (χ3v) is 7.25. The molecule has 1 atom stereocenters. The van der Waals surface area contributed by atoms with Gasteiger partial charge in [0.1, 0.15) is 0 Å². The lowest BCUT2D eigenvalue weighted by atomic mass is 10.2. The molecule has 22 heavy (non-hydrogen) atoms. The molecule has 0 amide bonds. The minimum absolute atomic E-state index is 0.244. The normalized spacial score (nSPS) is 20.0. The molecule has 0 saturated heterocycles. The first-order valence-electron chi connectivity index (χ1n) is 7.49. The number of benzene rings is 1. The van der Waals surface area contributed by atoms with Crippen molar-refractivity contribution < 1.29 is 8.42 Å². The molecule has 1 aromatic rings. The molecule has 0 radical (unpaired) electrons.